The van der Waals surface area contributed by atoms with Gasteiger partial charge in [-0.05, 0) is 75.8 Å². The fourth-order valence-electron chi connectivity index (χ4n) is 3.83. The minimum absolute atomic E-state index is 0.0666. The van der Waals surface area contributed by atoms with Gasteiger partial charge in [0.25, 0.3) is 5.91 Å². The van der Waals surface area contributed by atoms with E-state index in [4.69, 9.17) is 4.74 Å². The van der Waals surface area contributed by atoms with Crippen LogP contribution >= 0.6 is 0 Å². The summed E-state index contributed by atoms with van der Waals surface area (Å²) < 4.78 is 5.89. The number of aryl methyl sites for hydroxylation is 2. The van der Waals surface area contributed by atoms with Gasteiger partial charge in [-0.15, -0.1) is 0 Å². The smallest absolute Gasteiger partial charge is 0.261 e. The standard InChI is InChI=1S/C25H34N2O2/c1-17-12-14-27(15-13-17)23-9-7-22(8-10-23)20(4)26-25(28)21(5)29-24-11-6-18(2)16-19(24)3/h6-11,16-17,20-21H,12-15H2,1-5H3,(H,26,28)/t20-,21-/m0/s1. The molecule has 2 atom stereocenters. The molecule has 1 N–H and O–H groups in total. The average Bonchev–Trinajstić information content (AvgIpc) is 2.70. The SMILES string of the molecule is Cc1ccc(O[C@@H](C)C(=O)N[C@@H](C)c2ccc(N3CCC(C)CC3)cc2)c(C)c1. The van der Waals surface area contributed by atoms with Crippen LogP contribution in [-0.4, -0.2) is 25.1 Å². The molecule has 29 heavy (non-hydrogen) atoms. The second-order valence-corrected chi connectivity index (χ2v) is 8.52. The van der Waals surface area contributed by atoms with Crippen molar-refractivity contribution in [2.75, 3.05) is 18.0 Å². The Labute approximate surface area is 175 Å². The number of nitrogens with zero attached hydrogens (tertiary/aromatic N) is 1. The summed E-state index contributed by atoms with van der Waals surface area (Å²) in [6, 6.07) is 14.5. The Morgan fingerprint density at radius 2 is 1.72 bits per heavy atom. The highest BCUT2D eigenvalue weighted by atomic mass is 16.5. The van der Waals surface area contributed by atoms with Gasteiger partial charge < -0.3 is 15.0 Å². The van der Waals surface area contributed by atoms with Gasteiger partial charge in [0.1, 0.15) is 5.75 Å². The third-order valence-electron chi connectivity index (χ3n) is 5.90. The van der Waals surface area contributed by atoms with E-state index in [1.54, 1.807) is 6.92 Å². The van der Waals surface area contributed by atoms with Crippen LogP contribution in [0.2, 0.25) is 0 Å². The third-order valence-corrected chi connectivity index (χ3v) is 5.90. The van der Waals surface area contributed by atoms with Gasteiger partial charge in [-0.1, -0.05) is 36.8 Å². The molecule has 156 valence electrons. The summed E-state index contributed by atoms with van der Waals surface area (Å²) in [5.74, 6) is 1.48. The zero-order valence-corrected chi connectivity index (χ0v) is 18.4. The van der Waals surface area contributed by atoms with Gasteiger partial charge in [0.15, 0.2) is 6.10 Å². The van der Waals surface area contributed by atoms with Gasteiger partial charge in [0, 0.05) is 18.8 Å². The Hall–Kier alpha value is -2.49. The number of piperidine rings is 1. The van der Waals surface area contributed by atoms with Gasteiger partial charge >= 0.3 is 0 Å². The lowest BCUT2D eigenvalue weighted by Crippen LogP contribution is -2.38. The second-order valence-electron chi connectivity index (χ2n) is 8.52. The largest absolute Gasteiger partial charge is 0.481 e. The molecule has 3 rings (SSSR count). The Morgan fingerprint density at radius 3 is 2.34 bits per heavy atom. The van der Waals surface area contributed by atoms with Gasteiger partial charge in [0.05, 0.1) is 6.04 Å². The summed E-state index contributed by atoms with van der Waals surface area (Å²) in [5.41, 5.74) is 4.60. The van der Waals surface area contributed by atoms with E-state index < -0.39 is 6.10 Å². The van der Waals surface area contributed by atoms with Crippen molar-refractivity contribution in [1.29, 1.82) is 0 Å². The molecular weight excluding hydrogens is 360 g/mol. The molecule has 2 aromatic carbocycles. The lowest BCUT2D eigenvalue weighted by atomic mass is 9.98. The molecule has 0 saturated carbocycles. The number of ether oxygens (including phenoxy) is 1. The van der Waals surface area contributed by atoms with Crippen molar-refractivity contribution in [3.8, 4) is 5.75 Å². The minimum Gasteiger partial charge on any atom is -0.481 e. The molecule has 4 heteroatoms. The van der Waals surface area contributed by atoms with Gasteiger partial charge in [-0.25, -0.2) is 0 Å². The van der Waals surface area contributed by atoms with Crippen LogP contribution in [0.15, 0.2) is 42.5 Å². The van der Waals surface area contributed by atoms with Crippen LogP contribution in [0, 0.1) is 19.8 Å². The number of anilines is 1. The van der Waals surface area contributed by atoms with Gasteiger partial charge in [-0.3, -0.25) is 4.79 Å². The van der Waals surface area contributed by atoms with Crippen LogP contribution in [0.3, 0.4) is 0 Å². The first-order chi connectivity index (χ1) is 13.8. The highest BCUT2D eigenvalue weighted by Crippen LogP contribution is 2.25. The van der Waals surface area contributed by atoms with Crippen LogP contribution in [0.25, 0.3) is 0 Å². The fourth-order valence-corrected chi connectivity index (χ4v) is 3.83. The van der Waals surface area contributed by atoms with E-state index in [-0.39, 0.29) is 11.9 Å². The molecule has 2 aromatic rings. The van der Waals surface area contributed by atoms with E-state index in [0.717, 1.165) is 35.9 Å². The first-order valence-electron chi connectivity index (χ1n) is 10.7. The Morgan fingerprint density at radius 1 is 1.07 bits per heavy atom. The summed E-state index contributed by atoms with van der Waals surface area (Å²) >= 11 is 0. The Balaban J connectivity index is 1.56. The maximum Gasteiger partial charge on any atom is 0.261 e. The maximum absolute atomic E-state index is 12.6. The molecule has 0 bridgehead atoms. The highest BCUT2D eigenvalue weighted by Gasteiger charge is 2.19. The monoisotopic (exact) mass is 394 g/mol. The molecule has 1 aliphatic rings. The molecule has 4 nitrogen and oxygen atoms in total. The van der Waals surface area contributed by atoms with Crippen LogP contribution < -0.4 is 15.0 Å². The summed E-state index contributed by atoms with van der Waals surface area (Å²) in [6.07, 6.45) is 1.97. The number of nitrogens with one attached hydrogen (secondary N) is 1. The molecule has 1 amide bonds. The first-order valence-corrected chi connectivity index (χ1v) is 10.7. The van der Waals surface area contributed by atoms with Crippen molar-refractivity contribution >= 4 is 11.6 Å². The Kier molecular flexibility index (Phi) is 6.83. The number of carbonyl (C=O) groups is 1. The minimum atomic E-state index is -0.548. The summed E-state index contributed by atoms with van der Waals surface area (Å²) in [4.78, 5) is 15.1. The number of amides is 1. The van der Waals surface area contributed by atoms with E-state index in [9.17, 15) is 4.79 Å². The van der Waals surface area contributed by atoms with Crippen molar-refractivity contribution in [3.05, 3.63) is 59.2 Å². The molecule has 0 spiro atoms. The quantitative estimate of drug-likeness (QED) is 0.733. The topological polar surface area (TPSA) is 41.6 Å². The number of hydrogen-bond donors (Lipinski definition) is 1. The van der Waals surface area contributed by atoms with Crippen LogP contribution in [0.4, 0.5) is 5.69 Å². The first kappa shape index (κ1) is 21.2. The van der Waals surface area contributed by atoms with E-state index in [1.165, 1.54) is 24.1 Å². The molecular formula is C25H34N2O2. The third kappa shape index (κ3) is 5.53. The molecule has 1 heterocycles. The maximum atomic E-state index is 12.6. The van der Waals surface area contributed by atoms with Crippen molar-refractivity contribution in [1.82, 2.24) is 5.32 Å². The molecule has 0 unspecified atom stereocenters. The van der Waals surface area contributed by atoms with Crippen LogP contribution in [-0.2, 0) is 4.79 Å². The van der Waals surface area contributed by atoms with E-state index >= 15 is 0 Å². The van der Waals surface area contributed by atoms with Crippen molar-refractivity contribution in [2.24, 2.45) is 5.92 Å². The molecule has 0 aliphatic carbocycles. The van der Waals surface area contributed by atoms with E-state index in [2.05, 4.69) is 47.5 Å². The summed E-state index contributed by atoms with van der Waals surface area (Å²) in [7, 11) is 0. The number of benzene rings is 2. The van der Waals surface area contributed by atoms with Crippen LogP contribution in [0.5, 0.6) is 5.75 Å². The van der Waals surface area contributed by atoms with Crippen molar-refractivity contribution in [3.63, 3.8) is 0 Å². The zero-order valence-electron chi connectivity index (χ0n) is 18.4. The predicted octanol–water partition coefficient (Wildman–Crippen LogP) is 5.18. The fraction of sp³-hybridized carbons (Fsp3) is 0.480. The van der Waals surface area contributed by atoms with Crippen molar-refractivity contribution in [2.45, 2.75) is 59.6 Å². The molecule has 1 aliphatic heterocycles. The summed E-state index contributed by atoms with van der Waals surface area (Å²) in [6.45, 7) is 12.4. The summed E-state index contributed by atoms with van der Waals surface area (Å²) in [5, 5.41) is 3.07. The molecule has 1 saturated heterocycles. The highest BCUT2D eigenvalue weighted by molar-refractivity contribution is 5.81. The van der Waals surface area contributed by atoms with E-state index in [0.29, 0.717) is 0 Å². The van der Waals surface area contributed by atoms with Gasteiger partial charge in [0.2, 0.25) is 0 Å². The molecule has 1 fully saturated rings. The average molecular weight is 395 g/mol. The van der Waals surface area contributed by atoms with Crippen LogP contribution in [0.1, 0.15) is 56.3 Å². The lowest BCUT2D eigenvalue weighted by molar-refractivity contribution is -0.127. The number of rotatable bonds is 6. The predicted molar refractivity (Wildman–Crippen MR) is 120 cm³/mol. The Bertz CT molecular complexity index is 823. The molecule has 0 radical (unpaired) electrons. The number of hydrogen-bond acceptors (Lipinski definition) is 3. The van der Waals surface area contributed by atoms with Gasteiger partial charge in [-0.2, -0.15) is 0 Å². The van der Waals surface area contributed by atoms with Crippen molar-refractivity contribution < 1.29 is 9.53 Å². The second kappa shape index (κ2) is 9.34. The molecule has 0 aromatic heterocycles. The lowest BCUT2D eigenvalue weighted by Gasteiger charge is -2.32. The normalized spacial score (nSPS) is 16.9. The zero-order chi connectivity index (χ0) is 21.0. The number of carbonyl (C=O) groups excluding carboxylic acids is 1. The van der Waals surface area contributed by atoms with E-state index in [1.807, 2.05) is 32.9 Å².